The first kappa shape index (κ1) is 17.0. The number of fused-ring (bicyclic) bond motifs is 5. The molecule has 1 unspecified atom stereocenters. The molecular weight excluding hydrogens is 348 g/mol. The number of rotatable bonds is 1. The quantitative estimate of drug-likeness (QED) is 0.427. The second-order valence-electron chi connectivity index (χ2n) is 9.13. The lowest BCUT2D eigenvalue weighted by Crippen LogP contribution is -2.25. The number of allylic oxidation sites excluding steroid dienone is 4. The molecule has 3 aliphatic carbocycles. The van der Waals surface area contributed by atoms with Gasteiger partial charge in [-0.2, -0.15) is 0 Å². The summed E-state index contributed by atoms with van der Waals surface area (Å²) in [6.45, 7) is 2.42. The second kappa shape index (κ2) is 6.32. The summed E-state index contributed by atoms with van der Waals surface area (Å²) in [5.74, 6) is 0. The van der Waals surface area contributed by atoms with Crippen LogP contribution in [0.15, 0.2) is 84.5 Å². The van der Waals surface area contributed by atoms with E-state index in [-0.39, 0.29) is 5.41 Å². The lowest BCUT2D eigenvalue weighted by Gasteiger charge is -2.36. The van der Waals surface area contributed by atoms with E-state index in [9.17, 15) is 0 Å². The van der Waals surface area contributed by atoms with Crippen LogP contribution in [0.2, 0.25) is 0 Å². The van der Waals surface area contributed by atoms with Gasteiger partial charge < -0.3 is 0 Å². The third-order valence-electron chi connectivity index (χ3n) is 7.32. The van der Waals surface area contributed by atoms with E-state index in [0.717, 1.165) is 19.3 Å². The molecule has 0 fully saturated rings. The average Bonchev–Trinajstić information content (AvgIpc) is 2.78. The predicted octanol–water partition coefficient (Wildman–Crippen LogP) is 7.07. The molecule has 0 saturated heterocycles. The van der Waals surface area contributed by atoms with Crippen LogP contribution < -0.4 is 0 Å². The molecule has 0 saturated carbocycles. The van der Waals surface area contributed by atoms with Crippen molar-refractivity contribution in [1.29, 1.82) is 0 Å². The first-order chi connectivity index (χ1) is 14.2. The molecule has 0 bridgehead atoms. The minimum absolute atomic E-state index is 0.0944. The zero-order chi connectivity index (χ0) is 19.4. The molecular formula is C29H26. The first-order valence-electron chi connectivity index (χ1n) is 10.9. The molecule has 3 aliphatic rings. The van der Waals surface area contributed by atoms with E-state index in [1.165, 1.54) is 57.4 Å². The molecule has 0 amide bonds. The maximum Gasteiger partial charge on any atom is 0.0144 e. The predicted molar refractivity (Wildman–Crippen MR) is 122 cm³/mol. The molecule has 1 atom stereocenters. The van der Waals surface area contributed by atoms with Crippen LogP contribution in [-0.2, 0) is 24.7 Å². The van der Waals surface area contributed by atoms with E-state index in [1.807, 2.05) is 0 Å². The van der Waals surface area contributed by atoms with Gasteiger partial charge in [-0.25, -0.2) is 0 Å². The molecule has 0 aromatic heterocycles. The summed E-state index contributed by atoms with van der Waals surface area (Å²) < 4.78 is 0. The Bertz CT molecular complexity index is 1190. The van der Waals surface area contributed by atoms with Gasteiger partial charge in [-0.3, -0.25) is 0 Å². The van der Waals surface area contributed by atoms with Crippen molar-refractivity contribution in [1.82, 2.24) is 0 Å². The monoisotopic (exact) mass is 374 g/mol. The lowest BCUT2D eigenvalue weighted by atomic mass is 9.68. The van der Waals surface area contributed by atoms with Crippen molar-refractivity contribution in [2.45, 2.75) is 44.4 Å². The van der Waals surface area contributed by atoms with E-state index in [1.54, 1.807) is 5.57 Å². The number of aryl methyl sites for hydroxylation is 3. The standard InChI is InChI=1S/C29H26/c1-29(17-16-28-23(19-29)13-11-21-7-3-5-9-26(21)28)24-14-15-27-22(18-24)12-10-20-6-2-4-8-25(20)27/h2-9,14-18H,10-13,19H2,1H3. The summed E-state index contributed by atoms with van der Waals surface area (Å²) in [4.78, 5) is 0. The van der Waals surface area contributed by atoms with Crippen molar-refractivity contribution in [2.24, 2.45) is 0 Å². The summed E-state index contributed by atoms with van der Waals surface area (Å²) in [6.07, 6.45) is 10.7. The highest BCUT2D eigenvalue weighted by Crippen LogP contribution is 2.45. The zero-order valence-electron chi connectivity index (χ0n) is 17.0. The van der Waals surface area contributed by atoms with Crippen LogP contribution in [0.1, 0.15) is 47.6 Å². The molecule has 3 aromatic carbocycles. The molecule has 0 aliphatic heterocycles. The third kappa shape index (κ3) is 2.66. The highest BCUT2D eigenvalue weighted by atomic mass is 14.4. The van der Waals surface area contributed by atoms with E-state index >= 15 is 0 Å². The fraction of sp³-hybridized carbons (Fsp3) is 0.241. The third-order valence-corrected chi connectivity index (χ3v) is 7.32. The van der Waals surface area contributed by atoms with E-state index < -0.39 is 0 Å². The van der Waals surface area contributed by atoms with E-state index in [0.29, 0.717) is 0 Å². The van der Waals surface area contributed by atoms with E-state index in [2.05, 4.69) is 85.8 Å². The van der Waals surface area contributed by atoms with Crippen LogP contribution in [0.4, 0.5) is 0 Å². The molecule has 6 rings (SSSR count). The minimum atomic E-state index is 0.0944. The Hall–Kier alpha value is -2.86. The van der Waals surface area contributed by atoms with Crippen LogP contribution in [0.25, 0.3) is 16.7 Å². The first-order valence-corrected chi connectivity index (χ1v) is 10.9. The summed E-state index contributed by atoms with van der Waals surface area (Å²) in [5, 5.41) is 0. The van der Waals surface area contributed by atoms with Gasteiger partial charge >= 0.3 is 0 Å². The Labute approximate surface area is 173 Å². The van der Waals surface area contributed by atoms with Crippen LogP contribution in [0, 0.1) is 0 Å². The fourth-order valence-corrected chi connectivity index (χ4v) is 5.66. The Kier molecular flexibility index (Phi) is 3.71. The number of hydrogen-bond donors (Lipinski definition) is 0. The zero-order valence-corrected chi connectivity index (χ0v) is 17.0. The maximum absolute atomic E-state index is 2.50. The lowest BCUT2D eigenvalue weighted by molar-refractivity contribution is 0.566. The van der Waals surface area contributed by atoms with E-state index in [4.69, 9.17) is 0 Å². The minimum Gasteiger partial charge on any atom is -0.0733 e. The summed E-state index contributed by atoms with van der Waals surface area (Å²) in [5.41, 5.74) is 13.5. The largest absolute Gasteiger partial charge is 0.0733 e. The van der Waals surface area contributed by atoms with Gasteiger partial charge in [0.1, 0.15) is 0 Å². The highest BCUT2D eigenvalue weighted by molar-refractivity contribution is 5.82. The molecule has 0 radical (unpaired) electrons. The normalized spacial score (nSPS) is 21.8. The van der Waals surface area contributed by atoms with Crippen molar-refractivity contribution in [2.75, 3.05) is 0 Å². The van der Waals surface area contributed by atoms with Gasteiger partial charge in [-0.05, 0) is 76.6 Å². The van der Waals surface area contributed by atoms with Crippen molar-refractivity contribution in [3.63, 3.8) is 0 Å². The summed E-state index contributed by atoms with van der Waals surface area (Å²) >= 11 is 0. The molecule has 0 heterocycles. The Morgan fingerprint density at radius 1 is 0.655 bits per heavy atom. The van der Waals surface area contributed by atoms with Crippen LogP contribution >= 0.6 is 0 Å². The maximum atomic E-state index is 2.50. The molecule has 142 valence electrons. The van der Waals surface area contributed by atoms with Crippen molar-refractivity contribution in [3.05, 3.63) is 112 Å². The van der Waals surface area contributed by atoms with Gasteiger partial charge in [-0.15, -0.1) is 0 Å². The molecule has 29 heavy (non-hydrogen) atoms. The van der Waals surface area contributed by atoms with Gasteiger partial charge in [-0.1, -0.05) is 91.4 Å². The second-order valence-corrected chi connectivity index (χ2v) is 9.13. The average molecular weight is 375 g/mol. The summed E-state index contributed by atoms with van der Waals surface area (Å²) in [6, 6.07) is 25.1. The van der Waals surface area contributed by atoms with Gasteiger partial charge in [0, 0.05) is 5.41 Å². The summed E-state index contributed by atoms with van der Waals surface area (Å²) in [7, 11) is 0. The van der Waals surface area contributed by atoms with Gasteiger partial charge in [0.05, 0.1) is 0 Å². The Morgan fingerprint density at radius 3 is 2.17 bits per heavy atom. The Balaban J connectivity index is 1.38. The number of benzene rings is 3. The molecule has 0 nitrogen and oxygen atoms in total. The van der Waals surface area contributed by atoms with Crippen molar-refractivity contribution < 1.29 is 0 Å². The van der Waals surface area contributed by atoms with Crippen LogP contribution in [0.3, 0.4) is 0 Å². The van der Waals surface area contributed by atoms with Crippen LogP contribution in [-0.4, -0.2) is 0 Å². The molecule has 0 N–H and O–H groups in total. The Morgan fingerprint density at radius 2 is 1.31 bits per heavy atom. The van der Waals surface area contributed by atoms with Crippen molar-refractivity contribution >= 4 is 5.57 Å². The smallest absolute Gasteiger partial charge is 0.0144 e. The van der Waals surface area contributed by atoms with Crippen molar-refractivity contribution in [3.8, 4) is 11.1 Å². The highest BCUT2D eigenvalue weighted by Gasteiger charge is 2.32. The number of hydrogen-bond acceptors (Lipinski definition) is 0. The van der Waals surface area contributed by atoms with Gasteiger partial charge in [0.2, 0.25) is 0 Å². The molecule has 3 aromatic rings. The molecule has 0 heteroatoms. The molecule has 0 spiro atoms. The topological polar surface area (TPSA) is 0 Å². The van der Waals surface area contributed by atoms with Gasteiger partial charge in [0.25, 0.3) is 0 Å². The van der Waals surface area contributed by atoms with Crippen LogP contribution in [0.5, 0.6) is 0 Å². The fourth-order valence-electron chi connectivity index (χ4n) is 5.66. The SMILES string of the molecule is CC1(c2ccc3c(c2)CCc2ccccc2-3)C=CC2=C(CCc3ccccc32)C1. The van der Waals surface area contributed by atoms with Gasteiger partial charge in [0.15, 0.2) is 0 Å².